The van der Waals surface area contributed by atoms with Gasteiger partial charge in [-0.3, -0.25) is 9.63 Å². The van der Waals surface area contributed by atoms with E-state index >= 15 is 0 Å². The topological polar surface area (TPSA) is 140 Å². The van der Waals surface area contributed by atoms with Crippen molar-refractivity contribution >= 4 is 18.0 Å². The van der Waals surface area contributed by atoms with Crippen molar-refractivity contribution in [3.63, 3.8) is 0 Å². The van der Waals surface area contributed by atoms with Gasteiger partial charge in [-0.25, -0.2) is 15.1 Å². The summed E-state index contributed by atoms with van der Waals surface area (Å²) in [6, 6.07) is -0.882. The summed E-state index contributed by atoms with van der Waals surface area (Å²) in [5, 5.41) is 2.67. The summed E-state index contributed by atoms with van der Waals surface area (Å²) < 4.78 is 33.4. The van der Waals surface area contributed by atoms with Crippen LogP contribution in [0.25, 0.3) is 0 Å². The molecular formula is C21H36N2O10. The summed E-state index contributed by atoms with van der Waals surface area (Å²) in [4.78, 5) is 41.8. The van der Waals surface area contributed by atoms with Crippen molar-refractivity contribution in [2.75, 3.05) is 13.7 Å². The van der Waals surface area contributed by atoms with Gasteiger partial charge in [0, 0.05) is 7.11 Å². The minimum atomic E-state index is -1.01. The maximum Gasteiger partial charge on any atom is 0.407 e. The molecule has 0 aromatic rings. The molecular weight excluding hydrogens is 440 g/mol. The van der Waals surface area contributed by atoms with E-state index < -0.39 is 66.1 Å². The standard InChI is InChI=1S/C21H36N2O10/c1-9-28-17(25)11(2)33-23-13(24)10-12(22-19(26)32-20(3,4)5)14-15(27-8)16-18(29-14)31-21(6,7)30-16/h11-12,14-16,18H,9-10H2,1-8H3,(H,22,26)(H,23,24)/t11-,12+,14-,15+,16-,18-/m1/s1. The molecule has 2 aliphatic rings. The number of hydrogen-bond donors (Lipinski definition) is 2. The maximum atomic E-state index is 12.6. The molecule has 2 saturated heterocycles. The van der Waals surface area contributed by atoms with Gasteiger partial charge in [-0.1, -0.05) is 0 Å². The number of hydrogen-bond acceptors (Lipinski definition) is 10. The first-order valence-corrected chi connectivity index (χ1v) is 10.9. The zero-order valence-corrected chi connectivity index (χ0v) is 20.5. The van der Waals surface area contributed by atoms with Crippen LogP contribution in [0.2, 0.25) is 0 Å². The van der Waals surface area contributed by atoms with E-state index in [9.17, 15) is 14.4 Å². The molecule has 190 valence electrons. The summed E-state index contributed by atoms with van der Waals surface area (Å²) in [6.07, 6.45) is -4.72. The molecule has 2 rings (SSSR count). The molecule has 0 aromatic carbocycles. The van der Waals surface area contributed by atoms with E-state index in [-0.39, 0.29) is 13.0 Å². The van der Waals surface area contributed by atoms with Crippen molar-refractivity contribution in [2.45, 2.75) is 103 Å². The number of amides is 2. The first kappa shape index (κ1) is 27.3. The first-order chi connectivity index (χ1) is 15.3. The number of alkyl carbamates (subject to hydrolysis) is 1. The van der Waals surface area contributed by atoms with Crippen LogP contribution in [0.15, 0.2) is 0 Å². The first-order valence-electron chi connectivity index (χ1n) is 10.9. The van der Waals surface area contributed by atoms with E-state index in [2.05, 4.69) is 10.8 Å². The highest BCUT2D eigenvalue weighted by molar-refractivity contribution is 5.78. The molecule has 12 nitrogen and oxygen atoms in total. The highest BCUT2D eigenvalue weighted by Crippen LogP contribution is 2.39. The van der Waals surface area contributed by atoms with Crippen LogP contribution in [0, 0.1) is 0 Å². The number of carbonyl (C=O) groups is 3. The van der Waals surface area contributed by atoms with Gasteiger partial charge in [-0.2, -0.15) is 0 Å². The molecule has 2 fully saturated rings. The van der Waals surface area contributed by atoms with Gasteiger partial charge in [0.15, 0.2) is 18.2 Å². The second kappa shape index (κ2) is 11.0. The molecule has 2 aliphatic heterocycles. The molecule has 0 radical (unpaired) electrons. The van der Waals surface area contributed by atoms with Crippen molar-refractivity contribution < 1.29 is 47.6 Å². The van der Waals surface area contributed by atoms with E-state index in [0.717, 1.165) is 0 Å². The number of hydroxylamine groups is 1. The van der Waals surface area contributed by atoms with Crippen molar-refractivity contribution in [1.82, 2.24) is 10.8 Å². The van der Waals surface area contributed by atoms with Crippen molar-refractivity contribution in [1.29, 1.82) is 0 Å². The smallest absolute Gasteiger partial charge is 0.407 e. The highest BCUT2D eigenvalue weighted by Gasteiger charge is 2.57. The van der Waals surface area contributed by atoms with Crippen molar-refractivity contribution in [3.8, 4) is 0 Å². The van der Waals surface area contributed by atoms with Gasteiger partial charge in [0.1, 0.15) is 23.9 Å². The van der Waals surface area contributed by atoms with Crippen LogP contribution < -0.4 is 10.8 Å². The quantitative estimate of drug-likeness (QED) is 0.368. The second-order valence-corrected chi connectivity index (χ2v) is 9.26. The van der Waals surface area contributed by atoms with Crippen LogP contribution >= 0.6 is 0 Å². The van der Waals surface area contributed by atoms with E-state index in [1.807, 2.05) is 0 Å². The molecule has 0 spiro atoms. The van der Waals surface area contributed by atoms with Crippen molar-refractivity contribution in [3.05, 3.63) is 0 Å². The van der Waals surface area contributed by atoms with Gasteiger partial charge in [0.05, 0.1) is 19.1 Å². The lowest BCUT2D eigenvalue weighted by molar-refractivity contribution is -0.220. The van der Waals surface area contributed by atoms with Gasteiger partial charge in [-0.05, 0) is 48.5 Å². The number of carbonyl (C=O) groups excluding carboxylic acids is 3. The second-order valence-electron chi connectivity index (χ2n) is 9.26. The number of ether oxygens (including phenoxy) is 6. The van der Waals surface area contributed by atoms with Crippen LogP contribution in [0.1, 0.15) is 54.9 Å². The van der Waals surface area contributed by atoms with Gasteiger partial charge in [-0.15, -0.1) is 0 Å². The van der Waals surface area contributed by atoms with Gasteiger partial charge in [0.25, 0.3) is 0 Å². The number of fused-ring (bicyclic) bond motifs is 1. The molecule has 0 aromatic heterocycles. The summed E-state index contributed by atoms with van der Waals surface area (Å²) in [5.41, 5.74) is 1.45. The molecule has 6 atom stereocenters. The molecule has 2 amide bonds. The Bertz CT molecular complexity index is 708. The van der Waals surface area contributed by atoms with E-state index in [1.54, 1.807) is 41.5 Å². The van der Waals surface area contributed by atoms with E-state index in [4.69, 9.17) is 33.3 Å². The Balaban J connectivity index is 2.09. The fourth-order valence-electron chi connectivity index (χ4n) is 3.51. The van der Waals surface area contributed by atoms with Crippen LogP contribution in [0.5, 0.6) is 0 Å². The minimum absolute atomic E-state index is 0.184. The molecule has 0 aliphatic carbocycles. The molecule has 0 saturated carbocycles. The summed E-state index contributed by atoms with van der Waals surface area (Å²) in [7, 11) is 1.48. The minimum Gasteiger partial charge on any atom is -0.464 e. The molecule has 2 heterocycles. The zero-order valence-electron chi connectivity index (χ0n) is 20.5. The largest absolute Gasteiger partial charge is 0.464 e. The van der Waals surface area contributed by atoms with Crippen LogP contribution in [0.3, 0.4) is 0 Å². The average molecular weight is 477 g/mol. The SMILES string of the molecule is CCOC(=O)[C@@H](C)ONC(=O)C[C@H](NC(=O)OC(C)(C)C)[C@H]1O[C@@H]2OC(C)(C)O[C@@H]2[C@H]1OC. The van der Waals surface area contributed by atoms with Gasteiger partial charge >= 0.3 is 12.1 Å². The van der Waals surface area contributed by atoms with Crippen LogP contribution in [0.4, 0.5) is 4.79 Å². The van der Waals surface area contributed by atoms with Gasteiger partial charge in [0.2, 0.25) is 5.91 Å². The number of esters is 1. The third kappa shape index (κ3) is 7.78. The van der Waals surface area contributed by atoms with Gasteiger partial charge < -0.3 is 33.7 Å². The molecule has 33 heavy (non-hydrogen) atoms. The summed E-state index contributed by atoms with van der Waals surface area (Å²) >= 11 is 0. The normalized spacial score (nSPS) is 27.9. The summed E-state index contributed by atoms with van der Waals surface area (Å²) in [6.45, 7) is 11.9. The van der Waals surface area contributed by atoms with Crippen molar-refractivity contribution in [2.24, 2.45) is 0 Å². The number of rotatable bonds is 9. The third-order valence-electron chi connectivity index (χ3n) is 4.77. The molecule has 12 heteroatoms. The Hall–Kier alpha value is -1.99. The predicted octanol–water partition coefficient (Wildman–Crippen LogP) is 1.16. The lowest BCUT2D eigenvalue weighted by Gasteiger charge is -2.31. The summed E-state index contributed by atoms with van der Waals surface area (Å²) in [5.74, 6) is -2.09. The Morgan fingerprint density at radius 1 is 1.15 bits per heavy atom. The highest BCUT2D eigenvalue weighted by atomic mass is 16.8. The Labute approximate surface area is 193 Å². The lowest BCUT2D eigenvalue weighted by atomic mass is 10.0. The molecule has 0 unspecified atom stereocenters. The lowest BCUT2D eigenvalue weighted by Crippen LogP contribution is -2.53. The van der Waals surface area contributed by atoms with E-state index in [1.165, 1.54) is 14.0 Å². The Morgan fingerprint density at radius 3 is 2.39 bits per heavy atom. The van der Waals surface area contributed by atoms with Crippen LogP contribution in [-0.4, -0.2) is 79.8 Å². The number of methoxy groups -OCH3 is 1. The molecule has 0 bridgehead atoms. The fourth-order valence-corrected chi connectivity index (χ4v) is 3.51. The average Bonchev–Trinajstić information content (AvgIpc) is 3.15. The Morgan fingerprint density at radius 2 is 1.82 bits per heavy atom. The van der Waals surface area contributed by atoms with E-state index in [0.29, 0.717) is 0 Å². The zero-order chi connectivity index (χ0) is 25.0. The van der Waals surface area contributed by atoms with Crippen LogP contribution in [-0.2, 0) is 42.8 Å². The monoisotopic (exact) mass is 476 g/mol. The predicted molar refractivity (Wildman–Crippen MR) is 113 cm³/mol. The Kier molecular flexibility index (Phi) is 9.05. The third-order valence-corrected chi connectivity index (χ3v) is 4.77. The fraction of sp³-hybridized carbons (Fsp3) is 0.857. The maximum absolute atomic E-state index is 12.6. The molecule has 2 N–H and O–H groups in total. The number of nitrogens with one attached hydrogen (secondary N) is 2.